The lowest BCUT2D eigenvalue weighted by atomic mass is 10.1. The smallest absolute Gasteiger partial charge is 0.255 e. The normalized spacial score (nSPS) is 12.2. The van der Waals surface area contributed by atoms with E-state index in [1.54, 1.807) is 12.3 Å². The summed E-state index contributed by atoms with van der Waals surface area (Å²) in [7, 11) is 0. The molecule has 160 valence electrons. The summed E-state index contributed by atoms with van der Waals surface area (Å²) in [4.78, 5) is 17.1. The summed E-state index contributed by atoms with van der Waals surface area (Å²) in [5, 5.41) is 9.89. The number of nitrogens with one attached hydrogen (secondary N) is 2. The molecule has 5 rings (SSSR count). The number of amides is 1. The molecule has 32 heavy (non-hydrogen) atoms. The highest BCUT2D eigenvalue weighted by Gasteiger charge is 2.18. The molecule has 1 aliphatic heterocycles. The summed E-state index contributed by atoms with van der Waals surface area (Å²) in [5.74, 6) is 2.26. The number of H-pyrrole nitrogens is 1. The number of carbonyl (C=O) groups excluding carboxylic acids is 1. The first-order valence-electron chi connectivity index (χ1n) is 10.2. The van der Waals surface area contributed by atoms with E-state index in [0.29, 0.717) is 54.1 Å². The van der Waals surface area contributed by atoms with Gasteiger partial charge in [0.05, 0.1) is 17.5 Å². The van der Waals surface area contributed by atoms with Gasteiger partial charge in [-0.1, -0.05) is 18.2 Å². The van der Waals surface area contributed by atoms with Crippen LogP contribution in [0.25, 0.3) is 11.3 Å². The fraction of sp³-hybridized carbons (Fsp3) is 0.125. The summed E-state index contributed by atoms with van der Waals surface area (Å²) in [5.41, 5.74) is 2.71. The topological polar surface area (TPSA) is 98.4 Å². The van der Waals surface area contributed by atoms with Gasteiger partial charge in [0.1, 0.15) is 19.0 Å². The number of aromatic nitrogens is 3. The SMILES string of the molecule is O=C(NCc1ccnc(Oc2ccccc2)c1)c1cn[nH]c1-c1ccc2c(c1)OCCO2. The van der Waals surface area contributed by atoms with Gasteiger partial charge in [-0.3, -0.25) is 9.89 Å². The molecule has 0 unspecified atom stereocenters. The molecule has 2 N–H and O–H groups in total. The van der Waals surface area contributed by atoms with Crippen molar-refractivity contribution in [1.82, 2.24) is 20.5 Å². The average molecular weight is 428 g/mol. The monoisotopic (exact) mass is 428 g/mol. The van der Waals surface area contributed by atoms with E-state index in [0.717, 1.165) is 11.1 Å². The summed E-state index contributed by atoms with van der Waals surface area (Å²) in [6, 6.07) is 18.6. The standard InChI is InChI=1S/C24H20N4O4/c29-24(26-14-16-8-9-25-22(12-16)32-18-4-2-1-3-5-18)19-15-27-28-23(19)17-6-7-20-21(13-17)31-11-10-30-20/h1-9,12-13,15H,10-11,14H2,(H,26,29)(H,27,28). The van der Waals surface area contributed by atoms with Crippen LogP contribution in [0.4, 0.5) is 0 Å². The lowest BCUT2D eigenvalue weighted by Gasteiger charge is -2.18. The zero-order valence-electron chi connectivity index (χ0n) is 17.1. The van der Waals surface area contributed by atoms with E-state index in [1.165, 1.54) is 6.20 Å². The molecule has 0 aliphatic carbocycles. The lowest BCUT2D eigenvalue weighted by Crippen LogP contribution is -2.23. The third-order valence-electron chi connectivity index (χ3n) is 4.93. The van der Waals surface area contributed by atoms with Gasteiger partial charge >= 0.3 is 0 Å². The number of hydrogen-bond donors (Lipinski definition) is 2. The van der Waals surface area contributed by atoms with Gasteiger partial charge in [-0.05, 0) is 42.0 Å². The summed E-state index contributed by atoms with van der Waals surface area (Å²) in [6.45, 7) is 1.34. The molecular weight excluding hydrogens is 408 g/mol. The number of benzene rings is 2. The molecule has 1 amide bonds. The maximum Gasteiger partial charge on any atom is 0.255 e. The summed E-state index contributed by atoms with van der Waals surface area (Å²) in [6.07, 6.45) is 3.16. The molecule has 2 aromatic heterocycles. The van der Waals surface area contributed by atoms with Crippen molar-refractivity contribution in [2.45, 2.75) is 6.54 Å². The van der Waals surface area contributed by atoms with Gasteiger partial charge in [0, 0.05) is 24.4 Å². The second kappa shape index (κ2) is 8.81. The maximum atomic E-state index is 12.9. The molecule has 2 aromatic carbocycles. The minimum Gasteiger partial charge on any atom is -0.486 e. The van der Waals surface area contributed by atoms with Gasteiger partial charge in [-0.25, -0.2) is 4.98 Å². The second-order valence-electron chi connectivity index (χ2n) is 7.12. The van der Waals surface area contributed by atoms with Crippen LogP contribution in [0.2, 0.25) is 0 Å². The van der Waals surface area contributed by atoms with Crippen molar-refractivity contribution in [2.75, 3.05) is 13.2 Å². The zero-order valence-corrected chi connectivity index (χ0v) is 17.1. The molecule has 0 saturated carbocycles. The third kappa shape index (κ3) is 4.24. The molecule has 0 bridgehead atoms. The number of rotatable bonds is 6. The Hall–Kier alpha value is -4.33. The Morgan fingerprint density at radius 2 is 1.88 bits per heavy atom. The van der Waals surface area contributed by atoms with E-state index in [9.17, 15) is 4.79 Å². The van der Waals surface area contributed by atoms with Gasteiger partial charge in [0.25, 0.3) is 5.91 Å². The third-order valence-corrected chi connectivity index (χ3v) is 4.93. The molecule has 8 nitrogen and oxygen atoms in total. The first-order chi connectivity index (χ1) is 15.8. The molecule has 4 aromatic rings. The number of aromatic amines is 1. The molecular formula is C24H20N4O4. The van der Waals surface area contributed by atoms with Crippen molar-refractivity contribution in [1.29, 1.82) is 0 Å². The zero-order chi connectivity index (χ0) is 21.8. The molecule has 8 heteroatoms. The number of pyridine rings is 1. The molecule has 1 aliphatic rings. The van der Waals surface area contributed by atoms with Crippen LogP contribution in [0.3, 0.4) is 0 Å². The Bertz CT molecular complexity index is 1240. The van der Waals surface area contributed by atoms with Crippen LogP contribution in [-0.2, 0) is 6.54 Å². The van der Waals surface area contributed by atoms with Crippen molar-refractivity contribution in [3.63, 3.8) is 0 Å². The first-order valence-corrected chi connectivity index (χ1v) is 10.2. The van der Waals surface area contributed by atoms with Gasteiger partial charge in [-0.15, -0.1) is 0 Å². The highest BCUT2D eigenvalue weighted by molar-refractivity contribution is 5.99. The average Bonchev–Trinajstić information content (AvgIpc) is 3.33. The van der Waals surface area contributed by atoms with Crippen LogP contribution in [0.5, 0.6) is 23.1 Å². The molecule has 0 fully saturated rings. The van der Waals surface area contributed by atoms with E-state index in [4.69, 9.17) is 14.2 Å². The van der Waals surface area contributed by atoms with E-state index in [1.807, 2.05) is 54.6 Å². The Labute approximate surface area is 184 Å². The number of ether oxygens (including phenoxy) is 3. The number of para-hydroxylation sites is 1. The largest absolute Gasteiger partial charge is 0.486 e. The number of hydrogen-bond acceptors (Lipinski definition) is 6. The van der Waals surface area contributed by atoms with Crippen molar-refractivity contribution < 1.29 is 19.0 Å². The predicted molar refractivity (Wildman–Crippen MR) is 117 cm³/mol. The van der Waals surface area contributed by atoms with Gasteiger partial charge < -0.3 is 19.5 Å². The Balaban J connectivity index is 1.28. The maximum absolute atomic E-state index is 12.9. The lowest BCUT2D eigenvalue weighted by molar-refractivity contribution is 0.0951. The van der Waals surface area contributed by atoms with Crippen LogP contribution in [0.1, 0.15) is 15.9 Å². The Morgan fingerprint density at radius 3 is 2.75 bits per heavy atom. The van der Waals surface area contributed by atoms with Crippen LogP contribution >= 0.6 is 0 Å². The van der Waals surface area contributed by atoms with Gasteiger partial charge in [0.15, 0.2) is 11.5 Å². The summed E-state index contributed by atoms with van der Waals surface area (Å²) < 4.78 is 17.0. The fourth-order valence-corrected chi connectivity index (χ4v) is 3.38. The minimum atomic E-state index is -0.244. The number of fused-ring (bicyclic) bond motifs is 1. The van der Waals surface area contributed by atoms with E-state index >= 15 is 0 Å². The van der Waals surface area contributed by atoms with E-state index in [-0.39, 0.29) is 5.91 Å². The van der Waals surface area contributed by atoms with Gasteiger partial charge in [0.2, 0.25) is 5.88 Å². The minimum absolute atomic E-state index is 0.244. The fourth-order valence-electron chi connectivity index (χ4n) is 3.38. The van der Waals surface area contributed by atoms with Crippen LogP contribution in [0, 0.1) is 0 Å². The van der Waals surface area contributed by atoms with Gasteiger partial charge in [-0.2, -0.15) is 5.10 Å². The quantitative estimate of drug-likeness (QED) is 0.482. The highest BCUT2D eigenvalue weighted by Crippen LogP contribution is 2.34. The molecule has 0 radical (unpaired) electrons. The second-order valence-corrected chi connectivity index (χ2v) is 7.12. The van der Waals surface area contributed by atoms with Crippen LogP contribution in [0.15, 0.2) is 73.1 Å². The van der Waals surface area contributed by atoms with Crippen molar-refractivity contribution in [2.24, 2.45) is 0 Å². The molecule has 0 saturated heterocycles. The summed E-state index contributed by atoms with van der Waals surface area (Å²) >= 11 is 0. The predicted octanol–water partition coefficient (Wildman–Crippen LogP) is 3.97. The van der Waals surface area contributed by atoms with E-state index in [2.05, 4.69) is 20.5 Å². The highest BCUT2D eigenvalue weighted by atomic mass is 16.6. The molecule has 0 atom stereocenters. The van der Waals surface area contributed by atoms with Crippen LogP contribution in [-0.4, -0.2) is 34.3 Å². The Kier molecular flexibility index (Phi) is 5.40. The van der Waals surface area contributed by atoms with E-state index < -0.39 is 0 Å². The van der Waals surface area contributed by atoms with Crippen molar-refractivity contribution >= 4 is 5.91 Å². The number of carbonyl (C=O) groups is 1. The molecule has 0 spiro atoms. The van der Waals surface area contributed by atoms with Crippen molar-refractivity contribution in [3.05, 3.63) is 84.2 Å². The molecule has 3 heterocycles. The Morgan fingerprint density at radius 1 is 1.03 bits per heavy atom. The van der Waals surface area contributed by atoms with Crippen molar-refractivity contribution in [3.8, 4) is 34.4 Å². The first kappa shape index (κ1) is 19.6. The van der Waals surface area contributed by atoms with Crippen LogP contribution < -0.4 is 19.5 Å². The number of nitrogens with zero attached hydrogens (tertiary/aromatic N) is 2.